The van der Waals surface area contributed by atoms with Gasteiger partial charge in [0, 0.05) is 18.3 Å². The van der Waals surface area contributed by atoms with Crippen LogP contribution < -0.4 is 4.90 Å². The van der Waals surface area contributed by atoms with Crippen LogP contribution in [0.3, 0.4) is 0 Å². The van der Waals surface area contributed by atoms with Crippen molar-refractivity contribution in [2.75, 3.05) is 11.4 Å². The van der Waals surface area contributed by atoms with Gasteiger partial charge in [-0.1, -0.05) is 24.3 Å². The lowest BCUT2D eigenvalue weighted by molar-refractivity contribution is 0.0985. The molecule has 0 fully saturated rings. The predicted octanol–water partition coefficient (Wildman–Crippen LogP) is 4.23. The highest BCUT2D eigenvalue weighted by Crippen LogP contribution is 2.36. The number of amides is 1. The third kappa shape index (κ3) is 2.67. The van der Waals surface area contributed by atoms with Crippen LogP contribution >= 0.6 is 0 Å². The van der Waals surface area contributed by atoms with Gasteiger partial charge in [0.25, 0.3) is 5.91 Å². The molecule has 0 saturated heterocycles. The molecule has 4 rings (SSSR count). The number of benzene rings is 2. The number of pyridine rings is 1. The lowest BCUT2D eigenvalue weighted by Crippen LogP contribution is -2.29. The van der Waals surface area contributed by atoms with Gasteiger partial charge in [0.15, 0.2) is 0 Å². The minimum Gasteiger partial charge on any atom is -0.306 e. The molecule has 0 N–H and O–H groups in total. The van der Waals surface area contributed by atoms with Gasteiger partial charge in [0.1, 0.15) is 11.6 Å². The fraction of sp³-hybridized carbons (Fsp3) is 0.100. The molecule has 0 bridgehead atoms. The third-order valence-corrected chi connectivity index (χ3v) is 4.40. The van der Waals surface area contributed by atoms with E-state index >= 15 is 0 Å². The lowest BCUT2D eigenvalue weighted by Gasteiger charge is -2.18. The Morgan fingerprint density at radius 3 is 2.68 bits per heavy atom. The summed E-state index contributed by atoms with van der Waals surface area (Å²) in [5.74, 6) is -1.27. The molecule has 5 heteroatoms. The summed E-state index contributed by atoms with van der Waals surface area (Å²) in [6, 6.07) is 12.2. The predicted molar refractivity (Wildman–Crippen MR) is 91.4 cm³/mol. The maximum atomic E-state index is 14.0. The second-order valence-electron chi connectivity index (χ2n) is 5.88. The van der Waals surface area contributed by atoms with Crippen molar-refractivity contribution in [3.8, 4) is 11.1 Å². The molecule has 124 valence electrons. The number of rotatable bonds is 2. The Morgan fingerprint density at radius 1 is 1.04 bits per heavy atom. The Balaban J connectivity index is 1.76. The highest BCUT2D eigenvalue weighted by molar-refractivity contribution is 6.07. The summed E-state index contributed by atoms with van der Waals surface area (Å²) in [7, 11) is 0. The molecule has 2 heterocycles. The summed E-state index contributed by atoms with van der Waals surface area (Å²) in [6.45, 7) is 0.441. The van der Waals surface area contributed by atoms with E-state index in [1.165, 1.54) is 29.2 Å². The standard InChI is InChI=1S/C20H14F2N2O/c21-14-5-3-4-13(10-14)17-11-23-12-19-15(17)8-9-24(19)20(25)16-6-1-2-7-18(16)22/h1-7,10-12H,8-9H2. The van der Waals surface area contributed by atoms with E-state index in [0.29, 0.717) is 24.2 Å². The van der Waals surface area contributed by atoms with Gasteiger partial charge in [-0.05, 0) is 41.8 Å². The second-order valence-corrected chi connectivity index (χ2v) is 5.88. The maximum Gasteiger partial charge on any atom is 0.261 e. The molecule has 3 aromatic rings. The molecule has 1 amide bonds. The first kappa shape index (κ1) is 15.4. The summed E-state index contributed by atoms with van der Waals surface area (Å²) in [4.78, 5) is 18.5. The molecule has 0 unspecified atom stereocenters. The molecular formula is C20H14F2N2O. The Labute approximate surface area is 143 Å². The van der Waals surface area contributed by atoms with E-state index in [0.717, 1.165) is 11.1 Å². The highest BCUT2D eigenvalue weighted by Gasteiger charge is 2.29. The zero-order valence-electron chi connectivity index (χ0n) is 13.2. The van der Waals surface area contributed by atoms with Crippen LogP contribution in [0.15, 0.2) is 60.9 Å². The summed E-state index contributed by atoms with van der Waals surface area (Å²) < 4.78 is 27.5. The molecule has 1 aliphatic heterocycles. The summed E-state index contributed by atoms with van der Waals surface area (Å²) in [5.41, 5.74) is 3.11. The topological polar surface area (TPSA) is 33.2 Å². The Bertz CT molecular complexity index is 971. The SMILES string of the molecule is O=C(c1ccccc1F)N1CCc2c(-c3cccc(F)c3)cncc21. The molecule has 0 spiro atoms. The number of hydrogen-bond acceptors (Lipinski definition) is 2. The second kappa shape index (κ2) is 6.09. The molecule has 2 aromatic carbocycles. The van der Waals surface area contributed by atoms with Crippen molar-refractivity contribution in [3.63, 3.8) is 0 Å². The van der Waals surface area contributed by atoms with Crippen LogP contribution in [0.25, 0.3) is 11.1 Å². The van der Waals surface area contributed by atoms with Crippen LogP contribution in [0, 0.1) is 11.6 Å². The van der Waals surface area contributed by atoms with Gasteiger partial charge in [0.2, 0.25) is 0 Å². The zero-order chi connectivity index (χ0) is 17.4. The van der Waals surface area contributed by atoms with E-state index in [1.807, 2.05) is 6.07 Å². The van der Waals surface area contributed by atoms with Crippen LogP contribution in [0.4, 0.5) is 14.5 Å². The average molecular weight is 336 g/mol. The minimum atomic E-state index is -0.546. The smallest absolute Gasteiger partial charge is 0.261 e. The van der Waals surface area contributed by atoms with Gasteiger partial charge in [-0.15, -0.1) is 0 Å². The van der Waals surface area contributed by atoms with Gasteiger partial charge >= 0.3 is 0 Å². The van der Waals surface area contributed by atoms with Crippen molar-refractivity contribution in [3.05, 3.63) is 83.7 Å². The number of halogens is 2. The van der Waals surface area contributed by atoms with E-state index in [1.54, 1.807) is 30.6 Å². The molecule has 0 aliphatic carbocycles. The summed E-state index contributed by atoms with van der Waals surface area (Å²) >= 11 is 0. The van der Waals surface area contributed by atoms with Gasteiger partial charge in [-0.3, -0.25) is 9.78 Å². The van der Waals surface area contributed by atoms with E-state index < -0.39 is 11.7 Å². The van der Waals surface area contributed by atoms with Gasteiger partial charge < -0.3 is 4.90 Å². The van der Waals surface area contributed by atoms with Crippen molar-refractivity contribution in [2.45, 2.75) is 6.42 Å². The van der Waals surface area contributed by atoms with Crippen molar-refractivity contribution in [1.29, 1.82) is 0 Å². The normalized spacial score (nSPS) is 13.0. The molecular weight excluding hydrogens is 322 g/mol. The van der Waals surface area contributed by atoms with Gasteiger partial charge in [0.05, 0.1) is 17.4 Å². The maximum absolute atomic E-state index is 14.0. The molecule has 0 saturated carbocycles. The average Bonchev–Trinajstić information content (AvgIpc) is 3.05. The Morgan fingerprint density at radius 2 is 1.88 bits per heavy atom. The van der Waals surface area contributed by atoms with Gasteiger partial charge in [-0.25, -0.2) is 8.78 Å². The van der Waals surface area contributed by atoms with Crippen LogP contribution in [0.1, 0.15) is 15.9 Å². The number of anilines is 1. The molecule has 0 atom stereocenters. The van der Waals surface area contributed by atoms with Crippen molar-refractivity contribution >= 4 is 11.6 Å². The van der Waals surface area contributed by atoms with Crippen molar-refractivity contribution in [1.82, 2.24) is 4.98 Å². The highest BCUT2D eigenvalue weighted by atomic mass is 19.1. The van der Waals surface area contributed by atoms with E-state index in [4.69, 9.17) is 0 Å². The number of aromatic nitrogens is 1. The van der Waals surface area contributed by atoms with Crippen LogP contribution in [0.5, 0.6) is 0 Å². The van der Waals surface area contributed by atoms with Gasteiger partial charge in [-0.2, -0.15) is 0 Å². The first-order valence-electron chi connectivity index (χ1n) is 7.94. The summed E-state index contributed by atoms with van der Waals surface area (Å²) in [5, 5.41) is 0. The van der Waals surface area contributed by atoms with Crippen molar-refractivity contribution < 1.29 is 13.6 Å². The molecule has 0 radical (unpaired) electrons. The number of hydrogen-bond donors (Lipinski definition) is 0. The van der Waals surface area contributed by atoms with E-state index in [9.17, 15) is 13.6 Å². The van der Waals surface area contributed by atoms with E-state index in [-0.39, 0.29) is 11.4 Å². The Kier molecular flexibility index (Phi) is 3.76. The fourth-order valence-electron chi connectivity index (χ4n) is 3.21. The first-order valence-corrected chi connectivity index (χ1v) is 7.94. The first-order chi connectivity index (χ1) is 12.1. The molecule has 1 aliphatic rings. The fourth-order valence-corrected chi connectivity index (χ4v) is 3.21. The Hall–Kier alpha value is -3.08. The third-order valence-electron chi connectivity index (χ3n) is 4.40. The quantitative estimate of drug-likeness (QED) is 0.702. The minimum absolute atomic E-state index is 0.0338. The lowest BCUT2D eigenvalue weighted by atomic mass is 10.0. The molecule has 1 aromatic heterocycles. The van der Waals surface area contributed by atoms with Crippen molar-refractivity contribution in [2.24, 2.45) is 0 Å². The monoisotopic (exact) mass is 336 g/mol. The van der Waals surface area contributed by atoms with Crippen LogP contribution in [0.2, 0.25) is 0 Å². The van der Waals surface area contributed by atoms with Crippen LogP contribution in [-0.4, -0.2) is 17.4 Å². The number of carbonyl (C=O) groups excluding carboxylic acids is 1. The number of nitrogens with zero attached hydrogens (tertiary/aromatic N) is 2. The number of fused-ring (bicyclic) bond motifs is 1. The molecule has 25 heavy (non-hydrogen) atoms. The number of carbonyl (C=O) groups is 1. The van der Waals surface area contributed by atoms with E-state index in [2.05, 4.69) is 4.98 Å². The van der Waals surface area contributed by atoms with Crippen LogP contribution in [-0.2, 0) is 6.42 Å². The zero-order valence-corrected chi connectivity index (χ0v) is 13.2. The summed E-state index contributed by atoms with van der Waals surface area (Å²) in [6.07, 6.45) is 3.89. The molecule has 3 nitrogen and oxygen atoms in total. The largest absolute Gasteiger partial charge is 0.306 e.